The second-order valence-corrected chi connectivity index (χ2v) is 8.08. The lowest BCUT2D eigenvalue weighted by molar-refractivity contribution is -0.138. The summed E-state index contributed by atoms with van der Waals surface area (Å²) in [5.74, 6) is 0.531. The zero-order valence-corrected chi connectivity index (χ0v) is 17.8. The number of unbranched alkanes of at least 4 members (excludes halogenated alkanes) is 1. The fourth-order valence-corrected chi connectivity index (χ4v) is 4.04. The first-order chi connectivity index (χ1) is 15.2. The molecule has 1 atom stereocenters. The molecule has 31 heavy (non-hydrogen) atoms. The predicted molar refractivity (Wildman–Crippen MR) is 117 cm³/mol. The molecule has 2 saturated heterocycles. The maximum absolute atomic E-state index is 12.5. The van der Waals surface area contributed by atoms with E-state index in [1.807, 2.05) is 18.2 Å². The number of carbonyl (C=O) groups is 1. The van der Waals surface area contributed by atoms with Crippen molar-refractivity contribution in [3.63, 3.8) is 0 Å². The Morgan fingerprint density at radius 2 is 1.94 bits per heavy atom. The van der Waals surface area contributed by atoms with E-state index in [4.69, 9.17) is 9.47 Å². The number of hydrogen-bond acceptors (Lipinski definition) is 7. The lowest BCUT2D eigenvalue weighted by atomic mass is 10.2. The molecule has 2 N–H and O–H groups in total. The van der Waals surface area contributed by atoms with Gasteiger partial charge in [-0.1, -0.05) is 12.1 Å². The quantitative estimate of drug-likeness (QED) is 0.584. The number of carbonyl (C=O) groups excluding carboxylic acids is 1. The normalized spacial score (nSPS) is 20.7. The van der Waals surface area contributed by atoms with Crippen molar-refractivity contribution >= 4 is 16.8 Å². The minimum Gasteiger partial charge on any atom is -0.379 e. The molecule has 9 nitrogen and oxygen atoms in total. The zero-order chi connectivity index (χ0) is 21.5. The van der Waals surface area contributed by atoms with Gasteiger partial charge in [0.05, 0.1) is 37.3 Å². The smallest absolute Gasteiger partial charge is 0.258 e. The van der Waals surface area contributed by atoms with Crippen molar-refractivity contribution in [2.75, 3.05) is 59.1 Å². The van der Waals surface area contributed by atoms with E-state index < -0.39 is 6.10 Å². The van der Waals surface area contributed by atoms with E-state index in [1.165, 1.54) is 0 Å². The van der Waals surface area contributed by atoms with E-state index in [0.29, 0.717) is 49.5 Å². The van der Waals surface area contributed by atoms with Crippen LogP contribution in [0.2, 0.25) is 0 Å². The average molecular weight is 430 g/mol. The summed E-state index contributed by atoms with van der Waals surface area (Å²) in [5, 5.41) is 3.58. The number of para-hydroxylation sites is 1. The molecule has 1 aromatic heterocycles. The Bertz CT molecular complexity index is 928. The maximum Gasteiger partial charge on any atom is 0.258 e. The predicted octanol–water partition coefficient (Wildman–Crippen LogP) is 0.353. The van der Waals surface area contributed by atoms with E-state index in [0.717, 1.165) is 45.7 Å². The Morgan fingerprint density at radius 1 is 1.13 bits per heavy atom. The van der Waals surface area contributed by atoms with Crippen molar-refractivity contribution in [2.45, 2.75) is 25.5 Å². The van der Waals surface area contributed by atoms with Crippen LogP contribution in [-0.4, -0.2) is 90.9 Å². The van der Waals surface area contributed by atoms with E-state index >= 15 is 0 Å². The molecule has 168 valence electrons. The Labute approximate surface area is 181 Å². The Kier molecular flexibility index (Phi) is 7.63. The minimum absolute atomic E-state index is 0.0731. The lowest BCUT2D eigenvalue weighted by Gasteiger charge is -2.31. The first kappa shape index (κ1) is 21.9. The summed E-state index contributed by atoms with van der Waals surface area (Å²) >= 11 is 0. The molecule has 9 heteroatoms. The van der Waals surface area contributed by atoms with Gasteiger partial charge in [0.15, 0.2) is 0 Å². The topological polar surface area (TPSA) is 99.8 Å². The van der Waals surface area contributed by atoms with Gasteiger partial charge in [0.25, 0.3) is 5.56 Å². The van der Waals surface area contributed by atoms with Gasteiger partial charge < -0.3 is 19.8 Å². The summed E-state index contributed by atoms with van der Waals surface area (Å²) in [6.07, 6.45) is 1.50. The fraction of sp³-hybridized carbons (Fsp3) is 0.591. The summed E-state index contributed by atoms with van der Waals surface area (Å²) in [6, 6.07) is 7.30. The second-order valence-electron chi connectivity index (χ2n) is 8.08. The van der Waals surface area contributed by atoms with Gasteiger partial charge in [-0.15, -0.1) is 0 Å². The SMILES string of the molecule is O=C(NCCCCN1CCOCC1)C1CN(Cc2nc3ccccc3c(=O)[nH]2)CCO1. The Hall–Kier alpha value is -2.33. The molecule has 1 unspecified atom stereocenters. The first-order valence-corrected chi connectivity index (χ1v) is 11.1. The lowest BCUT2D eigenvalue weighted by Crippen LogP contribution is -2.49. The number of aromatic amines is 1. The average Bonchev–Trinajstić information content (AvgIpc) is 2.80. The second kappa shape index (κ2) is 10.8. The van der Waals surface area contributed by atoms with Crippen LogP contribution in [0.4, 0.5) is 0 Å². The van der Waals surface area contributed by atoms with Crippen LogP contribution in [0, 0.1) is 0 Å². The summed E-state index contributed by atoms with van der Waals surface area (Å²) < 4.78 is 11.0. The van der Waals surface area contributed by atoms with Gasteiger partial charge in [-0.25, -0.2) is 4.98 Å². The van der Waals surface area contributed by atoms with Crippen LogP contribution in [-0.2, 0) is 20.8 Å². The summed E-state index contributed by atoms with van der Waals surface area (Å²) in [7, 11) is 0. The zero-order valence-electron chi connectivity index (χ0n) is 17.8. The highest BCUT2D eigenvalue weighted by atomic mass is 16.5. The number of morpholine rings is 2. The van der Waals surface area contributed by atoms with Crippen molar-refractivity contribution in [2.24, 2.45) is 0 Å². The molecule has 1 amide bonds. The molecule has 0 bridgehead atoms. The van der Waals surface area contributed by atoms with Crippen LogP contribution in [0.15, 0.2) is 29.1 Å². The molecule has 0 spiro atoms. The molecule has 0 radical (unpaired) electrons. The van der Waals surface area contributed by atoms with E-state index in [2.05, 4.69) is 25.1 Å². The number of aromatic nitrogens is 2. The molecule has 1 aromatic carbocycles. The van der Waals surface area contributed by atoms with Crippen LogP contribution < -0.4 is 10.9 Å². The molecule has 0 saturated carbocycles. The van der Waals surface area contributed by atoms with Gasteiger partial charge in [0, 0.05) is 32.7 Å². The molecule has 2 aliphatic heterocycles. The number of H-pyrrole nitrogens is 1. The number of rotatable bonds is 8. The third-order valence-corrected chi connectivity index (χ3v) is 5.78. The van der Waals surface area contributed by atoms with Gasteiger partial charge in [0.2, 0.25) is 5.91 Å². The van der Waals surface area contributed by atoms with Gasteiger partial charge >= 0.3 is 0 Å². The third kappa shape index (κ3) is 6.10. The molecular formula is C22H31N5O4. The molecule has 2 aromatic rings. The number of hydrogen-bond donors (Lipinski definition) is 2. The fourth-order valence-electron chi connectivity index (χ4n) is 4.04. The number of fused-ring (bicyclic) bond motifs is 1. The van der Waals surface area contributed by atoms with Gasteiger partial charge in [-0.2, -0.15) is 0 Å². The molecule has 0 aliphatic carbocycles. The maximum atomic E-state index is 12.5. The highest BCUT2D eigenvalue weighted by Gasteiger charge is 2.27. The molecule has 4 rings (SSSR count). The number of amides is 1. The molecule has 2 fully saturated rings. The number of ether oxygens (including phenoxy) is 2. The highest BCUT2D eigenvalue weighted by molar-refractivity contribution is 5.81. The van der Waals surface area contributed by atoms with Crippen LogP contribution in [0.5, 0.6) is 0 Å². The molecule has 3 heterocycles. The highest BCUT2D eigenvalue weighted by Crippen LogP contribution is 2.11. The number of benzene rings is 1. The van der Waals surface area contributed by atoms with Crippen molar-refractivity contribution < 1.29 is 14.3 Å². The van der Waals surface area contributed by atoms with E-state index in [-0.39, 0.29) is 11.5 Å². The van der Waals surface area contributed by atoms with Crippen molar-refractivity contribution in [3.8, 4) is 0 Å². The third-order valence-electron chi connectivity index (χ3n) is 5.78. The largest absolute Gasteiger partial charge is 0.379 e. The van der Waals surface area contributed by atoms with E-state index in [1.54, 1.807) is 6.07 Å². The molecule has 2 aliphatic rings. The Balaban J connectivity index is 1.21. The van der Waals surface area contributed by atoms with Crippen LogP contribution in [0.25, 0.3) is 10.9 Å². The van der Waals surface area contributed by atoms with Crippen LogP contribution >= 0.6 is 0 Å². The Morgan fingerprint density at radius 3 is 2.81 bits per heavy atom. The monoisotopic (exact) mass is 429 g/mol. The summed E-state index contributed by atoms with van der Waals surface area (Å²) in [6.45, 7) is 7.46. The summed E-state index contributed by atoms with van der Waals surface area (Å²) in [4.78, 5) is 36.7. The minimum atomic E-state index is -0.500. The van der Waals surface area contributed by atoms with Crippen molar-refractivity contribution in [1.82, 2.24) is 25.1 Å². The first-order valence-electron chi connectivity index (χ1n) is 11.1. The van der Waals surface area contributed by atoms with E-state index in [9.17, 15) is 9.59 Å². The summed E-state index contributed by atoms with van der Waals surface area (Å²) in [5.41, 5.74) is 0.543. The van der Waals surface area contributed by atoms with Gasteiger partial charge in [0.1, 0.15) is 11.9 Å². The van der Waals surface area contributed by atoms with Gasteiger partial charge in [-0.05, 0) is 31.5 Å². The molecular weight excluding hydrogens is 398 g/mol. The van der Waals surface area contributed by atoms with Crippen molar-refractivity contribution in [3.05, 3.63) is 40.4 Å². The number of nitrogens with one attached hydrogen (secondary N) is 2. The van der Waals surface area contributed by atoms with Gasteiger partial charge in [-0.3, -0.25) is 19.4 Å². The van der Waals surface area contributed by atoms with Crippen LogP contribution in [0.1, 0.15) is 18.7 Å². The van der Waals surface area contributed by atoms with Crippen LogP contribution in [0.3, 0.4) is 0 Å². The van der Waals surface area contributed by atoms with Crippen molar-refractivity contribution in [1.29, 1.82) is 0 Å². The standard InChI is InChI=1S/C22H31N5O4/c28-21-17-5-1-2-6-18(17)24-20(25-21)16-27-11-14-31-19(15-27)22(29)23-7-3-4-8-26-9-12-30-13-10-26/h1-2,5-6,19H,3-4,7-16H2,(H,23,29)(H,24,25,28). The number of nitrogens with zero attached hydrogens (tertiary/aromatic N) is 3.